The molecule has 21 heavy (non-hydrogen) atoms. The maximum atomic E-state index is 10.9. The van der Waals surface area contributed by atoms with Crippen LogP contribution in [0.3, 0.4) is 0 Å². The molecule has 2 aliphatic rings. The molecule has 4 nitrogen and oxygen atoms in total. The Bertz CT molecular complexity index is 462. The van der Waals surface area contributed by atoms with E-state index >= 15 is 0 Å². The van der Waals surface area contributed by atoms with Gasteiger partial charge in [-0.05, 0) is 43.7 Å². The summed E-state index contributed by atoms with van der Waals surface area (Å²) in [6.07, 6.45) is 4.84. The van der Waals surface area contributed by atoms with Crippen molar-refractivity contribution < 1.29 is 14.6 Å². The van der Waals surface area contributed by atoms with Gasteiger partial charge in [0.2, 0.25) is 0 Å². The lowest BCUT2D eigenvalue weighted by Gasteiger charge is -2.38. The van der Waals surface area contributed by atoms with Crippen molar-refractivity contribution in [3.05, 3.63) is 30.3 Å². The fourth-order valence-corrected chi connectivity index (χ4v) is 3.95. The second-order valence-corrected chi connectivity index (χ2v) is 6.22. The number of benzene rings is 1. The Labute approximate surface area is 125 Å². The van der Waals surface area contributed by atoms with Gasteiger partial charge in [-0.2, -0.15) is 0 Å². The molecular formula is C17H23NO3. The monoisotopic (exact) mass is 289 g/mol. The highest BCUT2D eigenvalue weighted by atomic mass is 16.5. The highest BCUT2D eigenvalue weighted by Crippen LogP contribution is 2.39. The van der Waals surface area contributed by atoms with E-state index < -0.39 is 5.97 Å². The summed E-state index contributed by atoms with van der Waals surface area (Å²) < 4.78 is 5.79. The number of ether oxygens (including phenoxy) is 1. The zero-order valence-electron chi connectivity index (χ0n) is 12.3. The van der Waals surface area contributed by atoms with Gasteiger partial charge < -0.3 is 9.84 Å². The molecule has 0 aromatic heterocycles. The van der Waals surface area contributed by atoms with Crippen molar-refractivity contribution in [3.63, 3.8) is 0 Å². The first kappa shape index (κ1) is 14.4. The minimum atomic E-state index is -0.653. The average Bonchev–Trinajstić information content (AvgIpc) is 2.70. The van der Waals surface area contributed by atoms with E-state index in [2.05, 4.69) is 4.90 Å². The summed E-state index contributed by atoms with van der Waals surface area (Å²) in [5, 5.41) is 8.96. The minimum Gasteiger partial charge on any atom is -0.492 e. The minimum absolute atomic E-state index is 0.335. The molecule has 2 fully saturated rings. The molecule has 0 saturated carbocycles. The molecule has 0 aliphatic carbocycles. The summed E-state index contributed by atoms with van der Waals surface area (Å²) >= 11 is 0. The number of hydrogen-bond donors (Lipinski definition) is 1. The molecule has 1 N–H and O–H groups in total. The second-order valence-electron chi connectivity index (χ2n) is 6.22. The highest BCUT2D eigenvalue weighted by molar-refractivity contribution is 5.67. The lowest BCUT2D eigenvalue weighted by Crippen LogP contribution is -2.45. The molecule has 2 aliphatic heterocycles. The van der Waals surface area contributed by atoms with Gasteiger partial charge in [0, 0.05) is 25.0 Å². The van der Waals surface area contributed by atoms with Crippen LogP contribution in [0.2, 0.25) is 0 Å². The van der Waals surface area contributed by atoms with E-state index in [9.17, 15) is 4.79 Å². The Morgan fingerprint density at radius 3 is 2.48 bits per heavy atom. The third-order valence-electron chi connectivity index (χ3n) is 4.81. The Morgan fingerprint density at radius 2 is 1.86 bits per heavy atom. The number of carbonyl (C=O) groups is 1. The van der Waals surface area contributed by atoms with Crippen molar-refractivity contribution in [1.29, 1.82) is 0 Å². The van der Waals surface area contributed by atoms with Crippen LogP contribution in [0.25, 0.3) is 0 Å². The smallest absolute Gasteiger partial charge is 0.303 e. The van der Waals surface area contributed by atoms with E-state index in [1.165, 1.54) is 12.8 Å². The molecule has 4 heteroatoms. The SMILES string of the molecule is O=C(O)CC1CC2CCC(C1)N2CCOc1ccccc1. The van der Waals surface area contributed by atoms with Gasteiger partial charge in [-0.15, -0.1) is 0 Å². The Balaban J connectivity index is 1.48. The van der Waals surface area contributed by atoms with Crippen molar-refractivity contribution in [1.82, 2.24) is 4.90 Å². The number of carboxylic acids is 1. The predicted octanol–water partition coefficient (Wildman–Crippen LogP) is 2.78. The quantitative estimate of drug-likeness (QED) is 0.875. The van der Waals surface area contributed by atoms with E-state index in [0.29, 0.717) is 31.0 Å². The molecule has 1 aromatic rings. The van der Waals surface area contributed by atoms with Crippen LogP contribution >= 0.6 is 0 Å². The molecule has 0 amide bonds. The van der Waals surface area contributed by atoms with Gasteiger partial charge in [-0.3, -0.25) is 9.69 Å². The van der Waals surface area contributed by atoms with E-state index in [1.807, 2.05) is 30.3 Å². The lowest BCUT2D eigenvalue weighted by atomic mass is 9.88. The van der Waals surface area contributed by atoms with Crippen LogP contribution in [0, 0.1) is 5.92 Å². The molecule has 3 rings (SSSR count). The van der Waals surface area contributed by atoms with Crippen LogP contribution in [-0.4, -0.2) is 41.2 Å². The first-order valence-corrected chi connectivity index (χ1v) is 7.88. The van der Waals surface area contributed by atoms with Crippen molar-refractivity contribution in [2.24, 2.45) is 5.92 Å². The number of para-hydroxylation sites is 1. The van der Waals surface area contributed by atoms with Crippen molar-refractivity contribution in [3.8, 4) is 5.75 Å². The molecule has 2 atom stereocenters. The first-order valence-electron chi connectivity index (χ1n) is 7.88. The van der Waals surface area contributed by atoms with E-state index in [1.54, 1.807) is 0 Å². The number of rotatable bonds is 6. The van der Waals surface area contributed by atoms with E-state index in [0.717, 1.165) is 25.1 Å². The molecule has 0 radical (unpaired) electrons. The maximum Gasteiger partial charge on any atom is 0.303 e. The first-order chi connectivity index (χ1) is 10.2. The molecular weight excluding hydrogens is 266 g/mol. The summed E-state index contributed by atoms with van der Waals surface area (Å²) in [5.74, 6) is 0.636. The number of carboxylic acid groups (broad SMARTS) is 1. The molecule has 2 bridgehead atoms. The molecule has 2 unspecified atom stereocenters. The van der Waals surface area contributed by atoms with Gasteiger partial charge in [-0.1, -0.05) is 18.2 Å². The number of hydrogen-bond acceptors (Lipinski definition) is 3. The van der Waals surface area contributed by atoms with Gasteiger partial charge in [0.15, 0.2) is 0 Å². The van der Waals surface area contributed by atoms with E-state index in [-0.39, 0.29) is 0 Å². The van der Waals surface area contributed by atoms with Gasteiger partial charge in [-0.25, -0.2) is 0 Å². The number of aliphatic carboxylic acids is 1. The van der Waals surface area contributed by atoms with E-state index in [4.69, 9.17) is 9.84 Å². The normalized spacial score (nSPS) is 28.5. The lowest BCUT2D eigenvalue weighted by molar-refractivity contribution is -0.138. The fourth-order valence-electron chi connectivity index (χ4n) is 3.95. The number of nitrogens with zero attached hydrogens (tertiary/aromatic N) is 1. The van der Waals surface area contributed by atoms with Crippen molar-refractivity contribution in [2.45, 2.75) is 44.2 Å². The van der Waals surface area contributed by atoms with Gasteiger partial charge in [0.05, 0.1) is 0 Å². The van der Waals surface area contributed by atoms with Crippen LogP contribution in [0.4, 0.5) is 0 Å². The number of fused-ring (bicyclic) bond motifs is 2. The summed E-state index contributed by atoms with van der Waals surface area (Å²) in [6, 6.07) is 11.0. The molecule has 2 heterocycles. The Morgan fingerprint density at radius 1 is 1.19 bits per heavy atom. The average molecular weight is 289 g/mol. The fraction of sp³-hybridized carbons (Fsp3) is 0.588. The van der Waals surface area contributed by atoms with Gasteiger partial charge in [0.25, 0.3) is 0 Å². The third-order valence-corrected chi connectivity index (χ3v) is 4.81. The zero-order chi connectivity index (χ0) is 14.7. The standard InChI is InChI=1S/C17H23NO3/c19-17(20)12-13-10-14-6-7-15(11-13)18(14)8-9-21-16-4-2-1-3-5-16/h1-5,13-15H,6-12H2,(H,19,20). The van der Waals surface area contributed by atoms with Crippen molar-refractivity contribution >= 4 is 5.97 Å². The summed E-state index contributed by atoms with van der Waals surface area (Å²) in [7, 11) is 0. The predicted molar refractivity (Wildman–Crippen MR) is 80.4 cm³/mol. The zero-order valence-corrected chi connectivity index (χ0v) is 12.3. The second kappa shape index (κ2) is 6.48. The van der Waals surface area contributed by atoms with Crippen LogP contribution in [0.5, 0.6) is 5.75 Å². The number of piperidine rings is 1. The summed E-state index contributed by atoms with van der Waals surface area (Å²) in [4.78, 5) is 13.4. The van der Waals surface area contributed by atoms with Gasteiger partial charge in [0.1, 0.15) is 12.4 Å². The highest BCUT2D eigenvalue weighted by Gasteiger charge is 2.40. The molecule has 114 valence electrons. The molecule has 2 saturated heterocycles. The Kier molecular flexibility index (Phi) is 4.44. The van der Waals surface area contributed by atoms with Gasteiger partial charge >= 0.3 is 5.97 Å². The topological polar surface area (TPSA) is 49.8 Å². The molecule has 0 spiro atoms. The van der Waals surface area contributed by atoms with Crippen LogP contribution < -0.4 is 4.74 Å². The molecule has 1 aromatic carbocycles. The van der Waals surface area contributed by atoms with Crippen LogP contribution in [0.1, 0.15) is 32.1 Å². The summed E-state index contributed by atoms with van der Waals surface area (Å²) in [6.45, 7) is 1.66. The largest absolute Gasteiger partial charge is 0.492 e. The third kappa shape index (κ3) is 3.56. The van der Waals surface area contributed by atoms with Crippen molar-refractivity contribution in [2.75, 3.05) is 13.2 Å². The Hall–Kier alpha value is -1.55. The van der Waals surface area contributed by atoms with Crippen LogP contribution in [-0.2, 0) is 4.79 Å². The summed E-state index contributed by atoms with van der Waals surface area (Å²) in [5.41, 5.74) is 0. The van der Waals surface area contributed by atoms with Crippen LogP contribution in [0.15, 0.2) is 30.3 Å². The maximum absolute atomic E-state index is 10.9.